The van der Waals surface area contributed by atoms with Gasteiger partial charge < -0.3 is 5.73 Å². The average Bonchev–Trinajstić information content (AvgIpc) is 2.16. The first-order chi connectivity index (χ1) is 7.06. The third-order valence-electron chi connectivity index (χ3n) is 2.22. The highest BCUT2D eigenvalue weighted by atomic mass is 35.5. The van der Waals surface area contributed by atoms with Crippen LogP contribution in [0.25, 0.3) is 0 Å². The molecule has 0 amide bonds. The first kappa shape index (κ1) is 12.9. The van der Waals surface area contributed by atoms with Crippen molar-refractivity contribution in [3.05, 3.63) is 28.8 Å². The molecule has 0 saturated heterocycles. The van der Waals surface area contributed by atoms with Gasteiger partial charge in [-0.2, -0.15) is 0 Å². The highest BCUT2D eigenvalue weighted by Crippen LogP contribution is 2.35. The zero-order valence-electron chi connectivity index (χ0n) is 9.46. The lowest BCUT2D eigenvalue weighted by molar-refractivity contribution is 0.758. The van der Waals surface area contributed by atoms with Crippen molar-refractivity contribution in [2.75, 3.05) is 6.54 Å². The molecular formula is C12H18ClNS. The summed E-state index contributed by atoms with van der Waals surface area (Å²) in [6.07, 6.45) is 0. The maximum Gasteiger partial charge on any atom is 0.0452 e. The fraction of sp³-hybridized carbons (Fsp3) is 0.500. The second-order valence-electron chi connectivity index (χ2n) is 3.96. The predicted molar refractivity (Wildman–Crippen MR) is 69.9 cm³/mol. The quantitative estimate of drug-likeness (QED) is 0.812. The zero-order valence-corrected chi connectivity index (χ0v) is 11.0. The molecule has 2 N–H and O–H groups in total. The molecule has 1 unspecified atom stereocenters. The molecule has 0 heterocycles. The molecule has 0 radical (unpaired) electrons. The zero-order chi connectivity index (χ0) is 11.4. The van der Waals surface area contributed by atoms with Crippen molar-refractivity contribution in [2.45, 2.75) is 36.8 Å². The second kappa shape index (κ2) is 5.78. The van der Waals surface area contributed by atoms with Crippen LogP contribution in [0.2, 0.25) is 5.02 Å². The van der Waals surface area contributed by atoms with Crippen molar-refractivity contribution in [3.63, 3.8) is 0 Å². The van der Waals surface area contributed by atoms with Gasteiger partial charge in [-0.1, -0.05) is 38.4 Å². The van der Waals surface area contributed by atoms with Gasteiger partial charge in [0.25, 0.3) is 0 Å². The molecule has 0 bridgehead atoms. The van der Waals surface area contributed by atoms with E-state index in [9.17, 15) is 0 Å². The molecule has 0 saturated carbocycles. The molecule has 15 heavy (non-hydrogen) atoms. The molecule has 1 aromatic carbocycles. The Morgan fingerprint density at radius 3 is 2.53 bits per heavy atom. The van der Waals surface area contributed by atoms with Crippen LogP contribution in [-0.2, 0) is 0 Å². The Hall–Kier alpha value is -0.180. The summed E-state index contributed by atoms with van der Waals surface area (Å²) in [4.78, 5) is 1.26. The summed E-state index contributed by atoms with van der Waals surface area (Å²) in [6.45, 7) is 7.12. The van der Waals surface area contributed by atoms with Crippen LogP contribution in [0.1, 0.15) is 32.3 Å². The molecule has 0 aliphatic rings. The van der Waals surface area contributed by atoms with Crippen molar-refractivity contribution >= 4 is 23.4 Å². The Morgan fingerprint density at radius 1 is 1.33 bits per heavy atom. The van der Waals surface area contributed by atoms with Crippen LogP contribution < -0.4 is 5.73 Å². The van der Waals surface area contributed by atoms with Crippen LogP contribution in [0.15, 0.2) is 23.1 Å². The van der Waals surface area contributed by atoms with Gasteiger partial charge in [-0.25, -0.2) is 0 Å². The van der Waals surface area contributed by atoms with Gasteiger partial charge in [-0.3, -0.25) is 0 Å². The number of hydrogen-bond acceptors (Lipinski definition) is 2. The Kier molecular flexibility index (Phi) is 4.97. The molecule has 84 valence electrons. The van der Waals surface area contributed by atoms with Gasteiger partial charge in [-0.15, -0.1) is 11.8 Å². The van der Waals surface area contributed by atoms with Crippen molar-refractivity contribution in [2.24, 2.45) is 5.73 Å². The fourth-order valence-electron chi connectivity index (χ4n) is 1.47. The molecule has 1 rings (SSSR count). The van der Waals surface area contributed by atoms with Gasteiger partial charge in [0, 0.05) is 15.2 Å². The number of rotatable bonds is 4. The second-order valence-corrected chi connectivity index (χ2v) is 5.98. The summed E-state index contributed by atoms with van der Waals surface area (Å²) < 4.78 is 0. The van der Waals surface area contributed by atoms with E-state index in [2.05, 4.69) is 26.8 Å². The van der Waals surface area contributed by atoms with E-state index in [0.29, 0.717) is 17.7 Å². The molecule has 3 heteroatoms. The topological polar surface area (TPSA) is 26.0 Å². The first-order valence-electron chi connectivity index (χ1n) is 5.21. The van der Waals surface area contributed by atoms with E-state index in [0.717, 1.165) is 5.02 Å². The molecule has 1 nitrogen and oxygen atoms in total. The van der Waals surface area contributed by atoms with Crippen molar-refractivity contribution < 1.29 is 0 Å². The molecule has 0 fully saturated rings. The Bertz CT molecular complexity index is 325. The molecule has 1 aromatic rings. The minimum Gasteiger partial charge on any atom is -0.330 e. The van der Waals surface area contributed by atoms with E-state index < -0.39 is 0 Å². The smallest absolute Gasteiger partial charge is 0.0452 e. The van der Waals surface area contributed by atoms with Crippen molar-refractivity contribution in [1.29, 1.82) is 0 Å². The monoisotopic (exact) mass is 243 g/mol. The third-order valence-corrected chi connectivity index (χ3v) is 3.63. The Labute approximate surface area is 101 Å². The summed E-state index contributed by atoms with van der Waals surface area (Å²) in [5.41, 5.74) is 6.90. The average molecular weight is 244 g/mol. The van der Waals surface area contributed by atoms with Gasteiger partial charge in [0.1, 0.15) is 0 Å². The fourth-order valence-corrected chi connectivity index (χ4v) is 2.99. The van der Waals surface area contributed by atoms with Crippen LogP contribution >= 0.6 is 23.4 Å². The SMILES string of the molecule is CC(C)Sc1cccc(Cl)c1C(C)CN. The Balaban J connectivity index is 3.08. The molecule has 0 aromatic heterocycles. The van der Waals surface area contributed by atoms with Crippen molar-refractivity contribution in [1.82, 2.24) is 0 Å². The van der Waals surface area contributed by atoms with E-state index in [1.807, 2.05) is 23.9 Å². The summed E-state index contributed by atoms with van der Waals surface area (Å²) in [6, 6.07) is 6.06. The largest absolute Gasteiger partial charge is 0.330 e. The van der Waals surface area contributed by atoms with Gasteiger partial charge >= 0.3 is 0 Å². The minimum atomic E-state index is 0.319. The van der Waals surface area contributed by atoms with Gasteiger partial charge in [0.05, 0.1) is 0 Å². The number of halogens is 1. The van der Waals surface area contributed by atoms with E-state index in [4.69, 9.17) is 17.3 Å². The molecule has 0 aliphatic heterocycles. The summed E-state index contributed by atoms with van der Waals surface area (Å²) in [7, 11) is 0. The number of benzene rings is 1. The number of thioether (sulfide) groups is 1. The van der Waals surface area contributed by atoms with Gasteiger partial charge in [-0.05, 0) is 30.2 Å². The third kappa shape index (κ3) is 3.40. The van der Waals surface area contributed by atoms with Crippen LogP contribution in [0.3, 0.4) is 0 Å². The Morgan fingerprint density at radius 2 is 2.00 bits per heavy atom. The standard InChI is InChI=1S/C12H18ClNS/c1-8(2)15-11-6-4-5-10(13)12(11)9(3)7-14/h4-6,8-9H,7,14H2,1-3H3. The number of nitrogens with two attached hydrogens (primary N) is 1. The highest BCUT2D eigenvalue weighted by Gasteiger charge is 2.14. The van der Waals surface area contributed by atoms with E-state index in [-0.39, 0.29) is 0 Å². The maximum atomic E-state index is 6.22. The lowest BCUT2D eigenvalue weighted by Gasteiger charge is -2.17. The van der Waals surface area contributed by atoms with E-state index in [1.54, 1.807) is 0 Å². The van der Waals surface area contributed by atoms with Crippen molar-refractivity contribution in [3.8, 4) is 0 Å². The summed E-state index contributed by atoms with van der Waals surface area (Å²) >= 11 is 8.06. The summed E-state index contributed by atoms with van der Waals surface area (Å²) in [5.74, 6) is 0.319. The highest BCUT2D eigenvalue weighted by molar-refractivity contribution is 8.00. The minimum absolute atomic E-state index is 0.319. The maximum absolute atomic E-state index is 6.22. The lowest BCUT2D eigenvalue weighted by atomic mass is 10.0. The van der Waals surface area contributed by atoms with Crippen LogP contribution in [-0.4, -0.2) is 11.8 Å². The van der Waals surface area contributed by atoms with Gasteiger partial charge in [0.2, 0.25) is 0 Å². The van der Waals surface area contributed by atoms with E-state index >= 15 is 0 Å². The molecule has 0 spiro atoms. The van der Waals surface area contributed by atoms with Crippen LogP contribution in [0.5, 0.6) is 0 Å². The van der Waals surface area contributed by atoms with Gasteiger partial charge in [0.15, 0.2) is 0 Å². The predicted octanol–water partition coefficient (Wildman–Crippen LogP) is 3.90. The molecule has 1 atom stereocenters. The molecular weight excluding hydrogens is 226 g/mol. The van der Waals surface area contributed by atoms with Crippen LogP contribution in [0.4, 0.5) is 0 Å². The van der Waals surface area contributed by atoms with E-state index in [1.165, 1.54) is 10.5 Å². The number of hydrogen-bond donors (Lipinski definition) is 1. The lowest BCUT2D eigenvalue weighted by Crippen LogP contribution is -2.10. The van der Waals surface area contributed by atoms with Crippen LogP contribution in [0, 0.1) is 0 Å². The molecule has 0 aliphatic carbocycles. The first-order valence-corrected chi connectivity index (χ1v) is 6.47. The summed E-state index contributed by atoms with van der Waals surface area (Å²) in [5, 5.41) is 1.39. The normalized spacial score (nSPS) is 13.2.